The molecule has 6 nitrogen and oxygen atoms in total. The van der Waals surface area contributed by atoms with Gasteiger partial charge < -0.3 is 33.1 Å². The van der Waals surface area contributed by atoms with Crippen molar-refractivity contribution >= 4 is 22.7 Å². The molecule has 6 rings (SSSR count). The van der Waals surface area contributed by atoms with Crippen LogP contribution in [0.25, 0.3) is 11.1 Å². The van der Waals surface area contributed by atoms with Gasteiger partial charge in [0.25, 0.3) is 0 Å². The van der Waals surface area contributed by atoms with Gasteiger partial charge in [0.05, 0.1) is 11.1 Å². The van der Waals surface area contributed by atoms with E-state index in [0.717, 1.165) is 97.1 Å². The van der Waals surface area contributed by atoms with E-state index in [1.165, 1.54) is 0 Å². The van der Waals surface area contributed by atoms with Crippen molar-refractivity contribution in [2.45, 2.75) is 47.9 Å². The first-order valence-electron chi connectivity index (χ1n) is 18.5. The number of aromatic hydroxyl groups is 2. The summed E-state index contributed by atoms with van der Waals surface area (Å²) in [6.45, 7) is 0. The van der Waals surface area contributed by atoms with Gasteiger partial charge in [-0.25, -0.2) is 0 Å². The summed E-state index contributed by atoms with van der Waals surface area (Å²) < 4.78 is 242. The van der Waals surface area contributed by atoms with E-state index < -0.39 is 104 Å². The zero-order valence-corrected chi connectivity index (χ0v) is 33.7. The molecule has 0 unspecified atom stereocenters. The van der Waals surface area contributed by atoms with E-state index in [-0.39, 0.29) is 22.7 Å². The van der Waals surface area contributed by atoms with Gasteiger partial charge in [0, 0.05) is 22.7 Å². The predicted octanol–water partition coefficient (Wildman–Crippen LogP) is 13.3. The first-order valence-corrected chi connectivity index (χ1v) is 18.5. The summed E-state index contributed by atoms with van der Waals surface area (Å²) >= 11 is 0. The third kappa shape index (κ3) is 10.8. The zero-order valence-electron chi connectivity index (χ0n) is 33.7. The summed E-state index contributed by atoms with van der Waals surface area (Å²) in [5, 5.41) is 18.3. The number of alkyl halides is 18. The van der Waals surface area contributed by atoms with E-state index >= 15 is 0 Å². The second-order valence-electron chi connectivity index (χ2n) is 14.4. The smallest absolute Gasteiger partial charge is 0.417 e. The van der Waals surface area contributed by atoms with E-state index in [1.807, 2.05) is 0 Å². The minimum Gasteiger partial charge on any atom is -0.508 e. The van der Waals surface area contributed by atoms with E-state index in [9.17, 15) is 79.0 Å². The maximum absolute atomic E-state index is 13.7. The Balaban J connectivity index is 0.000000222. The second kappa shape index (κ2) is 18.9. The average Bonchev–Trinajstić information content (AvgIpc) is 3.19. The van der Waals surface area contributed by atoms with Gasteiger partial charge in [-0.2, -0.15) is 79.0 Å². The molecule has 6 aromatic rings. The van der Waals surface area contributed by atoms with E-state index in [1.54, 1.807) is 0 Å². The lowest BCUT2D eigenvalue weighted by Gasteiger charge is -2.38. The second-order valence-corrected chi connectivity index (χ2v) is 14.4. The molecule has 0 saturated heterocycles. The summed E-state index contributed by atoms with van der Waals surface area (Å²) in [5.74, 6) is -0.921. The van der Waals surface area contributed by atoms with Crippen LogP contribution in [0.5, 0.6) is 11.5 Å². The van der Waals surface area contributed by atoms with Crippen LogP contribution < -0.4 is 22.9 Å². The molecule has 0 radical (unpaired) electrons. The number of nitrogen functional groups attached to an aromatic ring is 4. The van der Waals surface area contributed by atoms with Gasteiger partial charge in [-0.3, -0.25) is 0 Å². The number of phenolic OH excluding ortho intramolecular Hbond substituents is 2. The van der Waals surface area contributed by atoms with Gasteiger partial charge in [-0.05, 0) is 106 Å². The van der Waals surface area contributed by atoms with E-state index in [2.05, 4.69) is 0 Å². The summed E-state index contributed by atoms with van der Waals surface area (Å²) in [5.41, 5.74) is 4.88. The van der Waals surface area contributed by atoms with Crippen molar-refractivity contribution in [2.24, 2.45) is 0 Å². The molecule has 0 aromatic heterocycles. The van der Waals surface area contributed by atoms with Gasteiger partial charge in [0.2, 0.25) is 10.8 Å². The van der Waals surface area contributed by atoms with Crippen LogP contribution in [0.1, 0.15) is 33.4 Å². The van der Waals surface area contributed by atoms with Gasteiger partial charge in [0.1, 0.15) is 11.5 Å². The number of hydrogen-bond acceptors (Lipinski definition) is 6. The molecule has 0 amide bonds. The summed E-state index contributed by atoms with van der Waals surface area (Å²) in [7, 11) is 0. The number of halogens is 18. The fourth-order valence-electron chi connectivity index (χ4n) is 6.92. The van der Waals surface area contributed by atoms with Gasteiger partial charge in [-0.1, -0.05) is 60.7 Å². The molecule has 0 aliphatic rings. The third-order valence-electron chi connectivity index (χ3n) is 9.98. The molecule has 0 bridgehead atoms. The van der Waals surface area contributed by atoms with Crippen molar-refractivity contribution in [1.29, 1.82) is 0 Å². The Morgan fingerprint density at radius 2 is 0.485 bits per heavy atom. The lowest BCUT2D eigenvalue weighted by atomic mass is 9.73. The molecule has 0 fully saturated rings. The summed E-state index contributed by atoms with van der Waals surface area (Å²) in [4.78, 5) is 0. The first-order chi connectivity index (χ1) is 31.0. The molecule has 6 aromatic carbocycles. The minimum absolute atomic E-state index is 0.0595. The fraction of sp³-hybridized carbons (Fsp3) is 0.182. The molecule has 366 valence electrons. The predicted molar refractivity (Wildman–Crippen MR) is 214 cm³/mol. The van der Waals surface area contributed by atoms with Crippen LogP contribution in [0.15, 0.2) is 133 Å². The summed E-state index contributed by atoms with van der Waals surface area (Å²) in [6.07, 6.45) is -32.3. The quantitative estimate of drug-likeness (QED) is 0.0750. The Morgan fingerprint density at radius 1 is 0.279 bits per heavy atom. The van der Waals surface area contributed by atoms with Gasteiger partial charge in [-0.15, -0.1) is 0 Å². The molecule has 68 heavy (non-hydrogen) atoms. The van der Waals surface area contributed by atoms with Crippen LogP contribution in [-0.4, -0.2) is 34.9 Å². The molecule has 0 heterocycles. The van der Waals surface area contributed by atoms with Crippen LogP contribution in [-0.2, 0) is 23.2 Å². The van der Waals surface area contributed by atoms with Crippen molar-refractivity contribution in [3.8, 4) is 22.6 Å². The zero-order chi connectivity index (χ0) is 51.6. The molecule has 0 atom stereocenters. The maximum atomic E-state index is 13.7. The number of phenols is 2. The Labute approximate surface area is 372 Å². The average molecular weight is 991 g/mol. The van der Waals surface area contributed by atoms with Crippen molar-refractivity contribution < 1.29 is 89.2 Å². The largest absolute Gasteiger partial charge is 0.508 e. The highest BCUT2D eigenvalue weighted by molar-refractivity contribution is 5.75. The van der Waals surface area contributed by atoms with Crippen LogP contribution in [0.4, 0.5) is 102 Å². The lowest BCUT2D eigenvalue weighted by molar-refractivity contribution is -0.290. The van der Waals surface area contributed by atoms with E-state index in [4.69, 9.17) is 33.1 Å². The SMILES string of the molecule is Nc1ccc(-c2ccc(N)cc2C(F)(F)F)c(C(F)(F)F)c1.Nc1ccc(C(c2ccc(N)cc2)(C(F)(F)F)C(F)(F)F)cc1.Oc1ccc(C(c2ccc(O)cc2)(C(F)(F)F)C(F)(F)F)cc1. The van der Waals surface area contributed by atoms with Crippen molar-refractivity contribution in [3.05, 3.63) is 167 Å². The molecular formula is C44H32F18N4O2. The molecule has 0 aliphatic heterocycles. The van der Waals surface area contributed by atoms with Crippen molar-refractivity contribution in [1.82, 2.24) is 0 Å². The number of rotatable bonds is 5. The monoisotopic (exact) mass is 990 g/mol. The Hall–Kier alpha value is -7.14. The number of benzene rings is 6. The Bertz CT molecular complexity index is 2330. The number of nitrogens with two attached hydrogens (primary N) is 4. The third-order valence-corrected chi connectivity index (χ3v) is 9.98. The highest BCUT2D eigenvalue weighted by Gasteiger charge is 2.73. The van der Waals surface area contributed by atoms with Crippen LogP contribution in [0, 0.1) is 0 Å². The Morgan fingerprint density at radius 3 is 0.691 bits per heavy atom. The van der Waals surface area contributed by atoms with E-state index in [0.29, 0.717) is 36.4 Å². The normalized spacial score (nSPS) is 12.9. The topological polar surface area (TPSA) is 145 Å². The lowest BCUT2D eigenvalue weighted by Crippen LogP contribution is -2.54. The standard InChI is InChI=1S/C15H12F6N2.C15H10F6O2.C14H10F6N2/c2*16-14(17,18)13(15(19,20)21,9-1-5-11(22)6-2-9)10-3-7-12(23)8-4-10;15-13(16,17)11-5-7(21)1-3-9(11)10-4-2-8(22)6-12(10)14(18,19)20/h1-8H,22-23H2;1-8,22-23H;1-6H,21-22H2. The van der Waals surface area contributed by atoms with Crippen molar-refractivity contribution in [3.63, 3.8) is 0 Å². The van der Waals surface area contributed by atoms with Crippen LogP contribution >= 0.6 is 0 Å². The fourth-order valence-corrected chi connectivity index (χ4v) is 6.92. The molecule has 0 saturated carbocycles. The highest BCUT2D eigenvalue weighted by Crippen LogP contribution is 2.58. The number of hydrogen-bond donors (Lipinski definition) is 6. The van der Waals surface area contributed by atoms with Gasteiger partial charge in [0.15, 0.2) is 0 Å². The minimum atomic E-state index is -5.70. The van der Waals surface area contributed by atoms with Crippen LogP contribution in [0.3, 0.4) is 0 Å². The molecular weight excluding hydrogens is 958 g/mol. The first kappa shape index (κ1) is 53.5. The Kier molecular flexibility index (Phi) is 14.8. The maximum Gasteiger partial charge on any atom is 0.417 e. The molecule has 24 heteroatoms. The van der Waals surface area contributed by atoms with Crippen LogP contribution in [0.2, 0.25) is 0 Å². The number of anilines is 4. The highest BCUT2D eigenvalue weighted by atomic mass is 19.4. The van der Waals surface area contributed by atoms with Crippen molar-refractivity contribution in [2.75, 3.05) is 22.9 Å². The molecule has 10 N–H and O–H groups in total. The summed E-state index contributed by atoms with van der Waals surface area (Å²) in [6, 6.07) is 17.5. The van der Waals surface area contributed by atoms with Gasteiger partial charge >= 0.3 is 37.1 Å². The molecule has 0 aliphatic carbocycles. The molecule has 0 spiro atoms.